The Morgan fingerprint density at radius 2 is 1.48 bits per heavy atom. The second-order valence-corrected chi connectivity index (χ2v) is 7.67. The molecule has 1 unspecified atom stereocenters. The quantitative estimate of drug-likeness (QED) is 0.507. The number of halogens is 1. The Morgan fingerprint density at radius 3 is 2.14 bits per heavy atom. The molecular formula is C26H32ClNO. The Bertz CT molecular complexity index is 836. The second kappa shape index (κ2) is 12.3. The molecule has 154 valence electrons. The van der Waals surface area contributed by atoms with Gasteiger partial charge in [-0.05, 0) is 48.6 Å². The van der Waals surface area contributed by atoms with Gasteiger partial charge in [0.1, 0.15) is 12.4 Å². The second-order valence-electron chi connectivity index (χ2n) is 7.67. The number of benzene rings is 3. The van der Waals surface area contributed by atoms with Crippen molar-refractivity contribution in [1.29, 1.82) is 0 Å². The van der Waals surface area contributed by atoms with E-state index in [0.29, 0.717) is 12.6 Å². The molecule has 0 bridgehead atoms. The zero-order valence-electron chi connectivity index (χ0n) is 17.5. The van der Waals surface area contributed by atoms with Gasteiger partial charge in [0.05, 0.1) is 12.6 Å². The average Bonchev–Trinajstić information content (AvgIpc) is 2.72. The monoisotopic (exact) mass is 409 g/mol. The summed E-state index contributed by atoms with van der Waals surface area (Å²) in [7, 11) is 0. The summed E-state index contributed by atoms with van der Waals surface area (Å²) < 4.78 is 6.00. The third-order valence-electron chi connectivity index (χ3n) is 5.12. The van der Waals surface area contributed by atoms with Crippen LogP contribution in [-0.2, 0) is 19.4 Å². The lowest BCUT2D eigenvalue weighted by Crippen LogP contribution is -3.00. The molecule has 0 amide bonds. The first-order valence-electron chi connectivity index (χ1n) is 10.3. The molecule has 3 aromatic carbocycles. The van der Waals surface area contributed by atoms with E-state index in [1.54, 1.807) is 0 Å². The van der Waals surface area contributed by atoms with Crippen molar-refractivity contribution in [3.8, 4) is 5.75 Å². The summed E-state index contributed by atoms with van der Waals surface area (Å²) in [5, 5.41) is 2.47. The highest BCUT2D eigenvalue weighted by atomic mass is 35.5. The van der Waals surface area contributed by atoms with E-state index in [1.165, 1.54) is 35.2 Å². The lowest BCUT2D eigenvalue weighted by Gasteiger charge is -2.14. The van der Waals surface area contributed by atoms with E-state index in [-0.39, 0.29) is 12.4 Å². The van der Waals surface area contributed by atoms with Crippen LogP contribution in [0.1, 0.15) is 35.6 Å². The van der Waals surface area contributed by atoms with Crippen molar-refractivity contribution in [1.82, 2.24) is 0 Å². The van der Waals surface area contributed by atoms with Gasteiger partial charge in [-0.2, -0.15) is 0 Å². The van der Waals surface area contributed by atoms with Gasteiger partial charge in [-0.25, -0.2) is 0 Å². The molecule has 3 rings (SSSR count). The normalized spacial score (nSPS) is 11.5. The van der Waals surface area contributed by atoms with Gasteiger partial charge in [0, 0.05) is 12.8 Å². The van der Waals surface area contributed by atoms with Gasteiger partial charge >= 0.3 is 0 Å². The van der Waals surface area contributed by atoms with Crippen LogP contribution in [0.4, 0.5) is 0 Å². The fourth-order valence-corrected chi connectivity index (χ4v) is 3.54. The zero-order chi connectivity index (χ0) is 19.6. The number of nitrogens with two attached hydrogens (primary N) is 1. The van der Waals surface area contributed by atoms with Crippen LogP contribution in [0.25, 0.3) is 0 Å². The van der Waals surface area contributed by atoms with Crippen molar-refractivity contribution in [2.45, 2.75) is 45.8 Å². The maximum atomic E-state index is 6.00. The van der Waals surface area contributed by atoms with E-state index in [2.05, 4.69) is 79.8 Å². The average molecular weight is 410 g/mol. The molecule has 1 atom stereocenters. The summed E-state index contributed by atoms with van der Waals surface area (Å²) in [5.74, 6) is 0.979. The maximum absolute atomic E-state index is 6.00. The summed E-state index contributed by atoms with van der Waals surface area (Å²) in [6, 6.07) is 28.3. The fraction of sp³-hybridized carbons (Fsp3) is 0.308. The smallest absolute Gasteiger partial charge is 0.122 e. The van der Waals surface area contributed by atoms with Gasteiger partial charge < -0.3 is 22.5 Å². The summed E-state index contributed by atoms with van der Waals surface area (Å²) in [5.41, 5.74) is 5.23. The molecule has 0 aromatic heterocycles. The molecule has 0 fully saturated rings. The molecule has 0 radical (unpaired) electrons. The highest BCUT2D eigenvalue weighted by molar-refractivity contribution is 5.36. The highest BCUT2D eigenvalue weighted by Gasteiger charge is 2.08. The summed E-state index contributed by atoms with van der Waals surface area (Å²) in [6.45, 7) is 6.25. The van der Waals surface area contributed by atoms with E-state index in [1.807, 2.05) is 18.2 Å². The van der Waals surface area contributed by atoms with Crippen molar-refractivity contribution < 1.29 is 22.5 Å². The number of hydrogen-bond acceptors (Lipinski definition) is 1. The largest absolute Gasteiger partial charge is 1.00 e. The molecule has 29 heavy (non-hydrogen) atoms. The molecular weight excluding hydrogens is 378 g/mol. The number of hydrogen-bond donors (Lipinski definition) is 1. The zero-order valence-corrected chi connectivity index (χ0v) is 18.2. The molecule has 0 saturated heterocycles. The molecule has 0 aliphatic rings. The van der Waals surface area contributed by atoms with Crippen LogP contribution >= 0.6 is 0 Å². The summed E-state index contributed by atoms with van der Waals surface area (Å²) in [4.78, 5) is 0. The predicted molar refractivity (Wildman–Crippen MR) is 117 cm³/mol. The SMILES string of the molecule is Cc1cc(CC(C)[NH2+]CCCc2ccccc2)ccc1OCc1ccccc1.[Cl-]. The van der Waals surface area contributed by atoms with Crippen molar-refractivity contribution >= 4 is 0 Å². The van der Waals surface area contributed by atoms with Crippen LogP contribution in [0.3, 0.4) is 0 Å². The minimum absolute atomic E-state index is 0. The van der Waals surface area contributed by atoms with Crippen LogP contribution in [-0.4, -0.2) is 12.6 Å². The predicted octanol–water partition coefficient (Wildman–Crippen LogP) is 1.71. The third kappa shape index (κ3) is 7.92. The number of rotatable bonds is 10. The standard InChI is InChI=1S/C26H31NO.ClH/c1-21-18-25(15-16-26(21)28-20-24-12-7-4-8-13-24)19-22(2)27-17-9-14-23-10-5-3-6-11-23;/h3-8,10-13,15-16,18,22,27H,9,14,17,19-20H2,1-2H3;1H. The van der Waals surface area contributed by atoms with Gasteiger partial charge in [-0.1, -0.05) is 72.8 Å². The van der Waals surface area contributed by atoms with E-state index in [4.69, 9.17) is 4.74 Å². The first-order chi connectivity index (χ1) is 13.7. The molecule has 3 heteroatoms. The van der Waals surface area contributed by atoms with Gasteiger partial charge in [-0.15, -0.1) is 0 Å². The minimum atomic E-state index is 0. The summed E-state index contributed by atoms with van der Waals surface area (Å²) in [6.07, 6.45) is 3.47. The van der Waals surface area contributed by atoms with Gasteiger partial charge in [0.2, 0.25) is 0 Å². The molecule has 2 nitrogen and oxygen atoms in total. The Morgan fingerprint density at radius 1 is 0.828 bits per heavy atom. The van der Waals surface area contributed by atoms with E-state index < -0.39 is 0 Å². The van der Waals surface area contributed by atoms with Crippen molar-refractivity contribution in [2.24, 2.45) is 0 Å². The Labute approximate surface area is 181 Å². The number of ether oxygens (including phenoxy) is 1. The first-order valence-corrected chi connectivity index (χ1v) is 10.3. The topological polar surface area (TPSA) is 25.8 Å². The third-order valence-corrected chi connectivity index (χ3v) is 5.12. The van der Waals surface area contributed by atoms with Gasteiger partial charge in [0.25, 0.3) is 0 Å². The Hall–Kier alpha value is -2.29. The fourth-order valence-electron chi connectivity index (χ4n) is 3.54. The highest BCUT2D eigenvalue weighted by Crippen LogP contribution is 2.21. The molecule has 3 aromatic rings. The van der Waals surface area contributed by atoms with Crippen molar-refractivity contribution in [2.75, 3.05) is 6.54 Å². The van der Waals surface area contributed by atoms with Crippen molar-refractivity contribution in [3.05, 3.63) is 101 Å². The first kappa shape index (κ1) is 23.0. The Balaban J connectivity index is 0.00000300. The summed E-state index contributed by atoms with van der Waals surface area (Å²) >= 11 is 0. The van der Waals surface area contributed by atoms with E-state index in [0.717, 1.165) is 18.6 Å². The minimum Gasteiger partial charge on any atom is -1.00 e. The van der Waals surface area contributed by atoms with Crippen LogP contribution in [0.5, 0.6) is 5.75 Å². The number of quaternary nitrogens is 1. The molecule has 0 heterocycles. The Kier molecular flexibility index (Phi) is 9.76. The van der Waals surface area contributed by atoms with Crippen molar-refractivity contribution in [3.63, 3.8) is 0 Å². The lowest BCUT2D eigenvalue weighted by molar-refractivity contribution is -0.686. The van der Waals surface area contributed by atoms with Gasteiger partial charge in [0.15, 0.2) is 0 Å². The van der Waals surface area contributed by atoms with Crippen LogP contribution in [0.2, 0.25) is 0 Å². The molecule has 2 N–H and O–H groups in total. The molecule has 0 aliphatic heterocycles. The van der Waals surface area contributed by atoms with Gasteiger partial charge in [-0.3, -0.25) is 0 Å². The van der Waals surface area contributed by atoms with E-state index in [9.17, 15) is 0 Å². The van der Waals surface area contributed by atoms with Crippen LogP contribution in [0.15, 0.2) is 78.9 Å². The molecule has 0 spiro atoms. The lowest BCUT2D eigenvalue weighted by atomic mass is 10.0. The maximum Gasteiger partial charge on any atom is 0.122 e. The molecule has 0 aliphatic carbocycles. The molecule has 0 saturated carbocycles. The van der Waals surface area contributed by atoms with E-state index >= 15 is 0 Å². The van der Waals surface area contributed by atoms with Crippen LogP contribution in [0, 0.1) is 6.92 Å². The van der Waals surface area contributed by atoms with Crippen LogP contribution < -0.4 is 22.5 Å². The number of aryl methyl sites for hydroxylation is 2.